The minimum Gasteiger partial charge on any atom is -0.393 e. The summed E-state index contributed by atoms with van der Waals surface area (Å²) in [4.78, 5) is 11.3. The van der Waals surface area contributed by atoms with Crippen LogP contribution in [0.3, 0.4) is 0 Å². The molecule has 2 nitrogen and oxygen atoms in total. The molecule has 2 fully saturated rings. The Kier molecular flexibility index (Phi) is 7.94. The molecule has 0 radical (unpaired) electrons. The topological polar surface area (TPSA) is 37.3 Å². The summed E-state index contributed by atoms with van der Waals surface area (Å²) in [6.45, 7) is 13.1. The summed E-state index contributed by atoms with van der Waals surface area (Å²) in [5, 5.41) is 10.7. The molecule has 6 unspecified atom stereocenters. The normalized spacial score (nSPS) is 38.3. The fourth-order valence-corrected chi connectivity index (χ4v) is 5.88. The summed E-state index contributed by atoms with van der Waals surface area (Å²) in [7, 11) is 0. The van der Waals surface area contributed by atoms with Gasteiger partial charge in [-0.1, -0.05) is 32.9 Å². The Morgan fingerprint density at radius 1 is 1.23 bits per heavy atom. The third kappa shape index (κ3) is 5.00. The van der Waals surface area contributed by atoms with Gasteiger partial charge in [-0.2, -0.15) is 0 Å². The second-order valence-corrected chi connectivity index (χ2v) is 9.58. The lowest BCUT2D eigenvalue weighted by Crippen LogP contribution is -2.35. The molecule has 2 aliphatic rings. The first-order valence-electron chi connectivity index (χ1n) is 11.1. The van der Waals surface area contributed by atoms with Gasteiger partial charge in [-0.15, -0.1) is 0 Å². The average molecular weight is 363 g/mol. The van der Waals surface area contributed by atoms with Crippen LogP contribution in [0, 0.1) is 29.1 Å². The van der Waals surface area contributed by atoms with Crippen LogP contribution in [0.5, 0.6) is 0 Å². The molecule has 6 atom stereocenters. The molecule has 0 heterocycles. The van der Waals surface area contributed by atoms with E-state index in [4.69, 9.17) is 0 Å². The number of ketones is 1. The molecule has 0 bridgehead atoms. The molecule has 1 N–H and O–H groups in total. The number of aliphatic hydroxyl groups is 1. The van der Waals surface area contributed by atoms with E-state index in [0.29, 0.717) is 24.0 Å². The fourth-order valence-electron chi connectivity index (χ4n) is 5.88. The predicted octanol–water partition coefficient (Wildman–Crippen LogP) is 6.32. The van der Waals surface area contributed by atoms with Crippen LogP contribution >= 0.6 is 0 Å². The van der Waals surface area contributed by atoms with E-state index in [0.717, 1.165) is 43.9 Å². The van der Waals surface area contributed by atoms with Crippen LogP contribution in [0.2, 0.25) is 0 Å². The first kappa shape index (κ1) is 21.7. The van der Waals surface area contributed by atoms with Gasteiger partial charge in [0.2, 0.25) is 0 Å². The Labute approximate surface area is 161 Å². The maximum atomic E-state index is 11.3. The highest BCUT2D eigenvalue weighted by Gasteiger charge is 2.46. The molecule has 26 heavy (non-hydrogen) atoms. The molecule has 2 aliphatic carbocycles. The van der Waals surface area contributed by atoms with Crippen LogP contribution in [-0.2, 0) is 4.79 Å². The molecule has 0 aromatic heterocycles. The maximum absolute atomic E-state index is 11.3. The molecule has 0 saturated heterocycles. The molecular weight excluding hydrogens is 320 g/mol. The van der Waals surface area contributed by atoms with Gasteiger partial charge < -0.3 is 9.90 Å². The molecule has 2 heteroatoms. The number of carbonyl (C=O) groups is 1. The Bertz CT molecular complexity index is 471. The number of allylic oxidation sites excluding steroid dienone is 1. The van der Waals surface area contributed by atoms with Crippen molar-refractivity contribution in [3.05, 3.63) is 12.2 Å². The summed E-state index contributed by atoms with van der Waals surface area (Å²) in [6.07, 6.45) is 12.1. The van der Waals surface area contributed by atoms with Crippen LogP contribution in [0.1, 0.15) is 98.3 Å². The molecule has 0 aliphatic heterocycles. The van der Waals surface area contributed by atoms with E-state index in [1.54, 1.807) is 6.92 Å². The van der Waals surface area contributed by atoms with Crippen molar-refractivity contribution in [2.45, 2.75) is 104 Å². The Morgan fingerprint density at radius 2 is 1.96 bits per heavy atom. The summed E-state index contributed by atoms with van der Waals surface area (Å²) >= 11 is 0. The maximum Gasteiger partial charge on any atom is 0.129 e. The number of rotatable bonds is 8. The second kappa shape index (κ2) is 9.53. The smallest absolute Gasteiger partial charge is 0.129 e. The zero-order valence-electron chi connectivity index (χ0n) is 17.7. The van der Waals surface area contributed by atoms with Gasteiger partial charge in [0, 0.05) is 6.42 Å². The summed E-state index contributed by atoms with van der Waals surface area (Å²) in [5.74, 6) is 3.02. The van der Waals surface area contributed by atoms with Gasteiger partial charge in [0.25, 0.3) is 0 Å². The highest BCUT2D eigenvalue weighted by molar-refractivity contribution is 5.75. The van der Waals surface area contributed by atoms with E-state index >= 15 is 0 Å². The van der Waals surface area contributed by atoms with E-state index < -0.39 is 0 Å². The number of hydrogen-bond acceptors (Lipinski definition) is 2. The van der Waals surface area contributed by atoms with Gasteiger partial charge in [-0.05, 0) is 100 Å². The summed E-state index contributed by atoms with van der Waals surface area (Å²) in [6, 6.07) is 0. The van der Waals surface area contributed by atoms with Crippen molar-refractivity contribution in [2.24, 2.45) is 29.1 Å². The number of aliphatic hydroxyl groups excluding tert-OH is 1. The highest BCUT2D eigenvalue weighted by atomic mass is 16.3. The Balaban J connectivity index is 1.99. The monoisotopic (exact) mass is 362 g/mol. The zero-order valence-corrected chi connectivity index (χ0v) is 17.7. The zero-order chi connectivity index (χ0) is 19.3. The van der Waals surface area contributed by atoms with Crippen LogP contribution in [0.15, 0.2) is 12.2 Å². The third-order valence-corrected chi connectivity index (χ3v) is 8.13. The van der Waals surface area contributed by atoms with Crippen molar-refractivity contribution in [1.82, 2.24) is 0 Å². The molecule has 0 aromatic carbocycles. The van der Waals surface area contributed by atoms with Crippen molar-refractivity contribution in [2.75, 3.05) is 0 Å². The van der Waals surface area contributed by atoms with Crippen LogP contribution < -0.4 is 0 Å². The van der Waals surface area contributed by atoms with Crippen molar-refractivity contribution >= 4 is 5.78 Å². The standard InChI is InChI=1S/C24H42O2/c1-6-24(19(4)12-13-23(24)26)15-14-22-16-21(9-7-8-20(5)25)17(2)10-11-18(22)3/h18-19,21-23,26H,2,6-16H2,1,3-5H3. The average Bonchev–Trinajstić information content (AvgIpc) is 2.80. The molecule has 0 spiro atoms. The second-order valence-electron chi connectivity index (χ2n) is 9.58. The van der Waals surface area contributed by atoms with Crippen LogP contribution in [-0.4, -0.2) is 17.0 Å². The van der Waals surface area contributed by atoms with E-state index in [2.05, 4.69) is 27.4 Å². The van der Waals surface area contributed by atoms with E-state index in [1.807, 2.05) is 0 Å². The molecule has 2 saturated carbocycles. The fraction of sp³-hybridized carbons (Fsp3) is 0.875. The summed E-state index contributed by atoms with van der Waals surface area (Å²) in [5.41, 5.74) is 1.56. The van der Waals surface area contributed by atoms with E-state index in [-0.39, 0.29) is 11.5 Å². The van der Waals surface area contributed by atoms with Gasteiger partial charge in [0.15, 0.2) is 0 Å². The Morgan fingerprint density at radius 3 is 2.54 bits per heavy atom. The van der Waals surface area contributed by atoms with Gasteiger partial charge in [0.05, 0.1) is 6.10 Å². The van der Waals surface area contributed by atoms with Crippen LogP contribution in [0.4, 0.5) is 0 Å². The van der Waals surface area contributed by atoms with Gasteiger partial charge in [-0.25, -0.2) is 0 Å². The van der Waals surface area contributed by atoms with Crippen molar-refractivity contribution in [3.63, 3.8) is 0 Å². The first-order chi connectivity index (χ1) is 12.3. The van der Waals surface area contributed by atoms with Crippen molar-refractivity contribution in [3.8, 4) is 0 Å². The molecule has 0 amide bonds. The molecular formula is C24H42O2. The quantitative estimate of drug-likeness (QED) is 0.405. The van der Waals surface area contributed by atoms with Gasteiger partial charge >= 0.3 is 0 Å². The summed E-state index contributed by atoms with van der Waals surface area (Å²) < 4.78 is 0. The lowest BCUT2D eigenvalue weighted by molar-refractivity contribution is -0.117. The third-order valence-electron chi connectivity index (χ3n) is 8.13. The lowest BCUT2D eigenvalue weighted by Gasteiger charge is -2.38. The van der Waals surface area contributed by atoms with Crippen molar-refractivity contribution < 1.29 is 9.90 Å². The van der Waals surface area contributed by atoms with Gasteiger partial charge in [-0.3, -0.25) is 0 Å². The molecule has 150 valence electrons. The number of Topliss-reactive ketones (excluding diaryl/α,β-unsaturated/α-hetero) is 1. The Hall–Kier alpha value is -0.630. The largest absolute Gasteiger partial charge is 0.393 e. The van der Waals surface area contributed by atoms with Crippen LogP contribution in [0.25, 0.3) is 0 Å². The molecule has 0 aromatic rings. The number of carbonyl (C=O) groups excluding carboxylic acids is 1. The minimum atomic E-state index is -0.107. The molecule has 2 rings (SSSR count). The highest BCUT2D eigenvalue weighted by Crippen LogP contribution is 2.51. The number of hydrogen-bond donors (Lipinski definition) is 1. The lowest BCUT2D eigenvalue weighted by atomic mass is 9.69. The van der Waals surface area contributed by atoms with Gasteiger partial charge in [0.1, 0.15) is 5.78 Å². The SMILES string of the molecule is C=C1CCC(C)C(CCC2(CC)C(C)CCC2O)CC1CCCC(C)=O. The first-order valence-corrected chi connectivity index (χ1v) is 11.1. The van der Waals surface area contributed by atoms with E-state index in [1.165, 1.54) is 37.7 Å². The van der Waals surface area contributed by atoms with E-state index in [9.17, 15) is 9.90 Å². The predicted molar refractivity (Wildman–Crippen MR) is 110 cm³/mol. The minimum absolute atomic E-state index is 0.107. The van der Waals surface area contributed by atoms with Crippen molar-refractivity contribution in [1.29, 1.82) is 0 Å².